The van der Waals surface area contributed by atoms with Crippen molar-refractivity contribution in [2.45, 2.75) is 12.5 Å². The Hall–Kier alpha value is -3.05. The van der Waals surface area contributed by atoms with Gasteiger partial charge in [-0.3, -0.25) is 4.79 Å². The van der Waals surface area contributed by atoms with Crippen molar-refractivity contribution in [1.29, 1.82) is 0 Å². The van der Waals surface area contributed by atoms with Crippen molar-refractivity contribution in [3.8, 4) is 11.5 Å². The molecule has 30 heavy (non-hydrogen) atoms. The molecule has 1 heterocycles. The first kappa shape index (κ1) is 20.2. The number of nitrogens with zero attached hydrogens (tertiary/aromatic N) is 1. The van der Waals surface area contributed by atoms with Crippen LogP contribution in [0.2, 0.25) is 5.02 Å². The van der Waals surface area contributed by atoms with Gasteiger partial charge in [-0.1, -0.05) is 29.8 Å². The molecular formula is C24H21ClFNO3. The minimum absolute atomic E-state index is 0.180. The average molecular weight is 426 g/mol. The molecule has 1 atom stereocenters. The predicted molar refractivity (Wildman–Crippen MR) is 114 cm³/mol. The summed E-state index contributed by atoms with van der Waals surface area (Å²) in [6.45, 7) is 0.495. The van der Waals surface area contributed by atoms with Crippen LogP contribution >= 0.6 is 11.6 Å². The molecule has 0 aromatic heterocycles. The Morgan fingerprint density at radius 1 is 1.00 bits per heavy atom. The highest BCUT2D eigenvalue weighted by molar-refractivity contribution is 6.31. The fourth-order valence-electron chi connectivity index (χ4n) is 3.96. The van der Waals surface area contributed by atoms with Gasteiger partial charge in [-0.2, -0.15) is 0 Å². The number of amides is 1. The third-order valence-electron chi connectivity index (χ3n) is 5.43. The quantitative estimate of drug-likeness (QED) is 0.570. The van der Waals surface area contributed by atoms with Crippen LogP contribution in [0.15, 0.2) is 60.7 Å². The number of carbonyl (C=O) groups is 1. The Bertz CT molecular complexity index is 1080. The molecular weight excluding hydrogens is 405 g/mol. The van der Waals surface area contributed by atoms with Crippen molar-refractivity contribution in [1.82, 2.24) is 4.90 Å². The summed E-state index contributed by atoms with van der Waals surface area (Å²) in [5, 5.41) is 0.571. The van der Waals surface area contributed by atoms with E-state index in [9.17, 15) is 9.18 Å². The van der Waals surface area contributed by atoms with Gasteiger partial charge in [-0.15, -0.1) is 0 Å². The van der Waals surface area contributed by atoms with Crippen LogP contribution in [0.3, 0.4) is 0 Å². The first-order valence-corrected chi connectivity index (χ1v) is 9.97. The van der Waals surface area contributed by atoms with Gasteiger partial charge in [0.2, 0.25) is 0 Å². The molecule has 1 amide bonds. The maximum atomic E-state index is 13.4. The van der Waals surface area contributed by atoms with Gasteiger partial charge in [0.1, 0.15) is 5.82 Å². The second-order valence-electron chi connectivity index (χ2n) is 7.09. The summed E-state index contributed by atoms with van der Waals surface area (Å²) in [4.78, 5) is 15.2. The smallest absolute Gasteiger partial charge is 0.254 e. The van der Waals surface area contributed by atoms with Crippen LogP contribution in [0.4, 0.5) is 4.39 Å². The third-order valence-corrected chi connectivity index (χ3v) is 5.77. The molecule has 0 aliphatic carbocycles. The lowest BCUT2D eigenvalue weighted by molar-refractivity contribution is 0.0694. The lowest BCUT2D eigenvalue weighted by atomic mass is 9.87. The van der Waals surface area contributed by atoms with E-state index in [1.807, 2.05) is 36.4 Å². The molecule has 4 rings (SSSR count). The van der Waals surface area contributed by atoms with Gasteiger partial charge in [0, 0.05) is 17.1 Å². The van der Waals surface area contributed by atoms with Crippen LogP contribution in [0.1, 0.15) is 33.1 Å². The highest BCUT2D eigenvalue weighted by Crippen LogP contribution is 2.43. The van der Waals surface area contributed by atoms with Crippen LogP contribution in [-0.2, 0) is 6.42 Å². The zero-order valence-electron chi connectivity index (χ0n) is 16.7. The second kappa shape index (κ2) is 8.36. The van der Waals surface area contributed by atoms with E-state index in [2.05, 4.69) is 0 Å². The van der Waals surface area contributed by atoms with Crippen molar-refractivity contribution in [3.05, 3.63) is 93.8 Å². The van der Waals surface area contributed by atoms with Gasteiger partial charge >= 0.3 is 0 Å². The fourth-order valence-corrected chi connectivity index (χ4v) is 4.19. The van der Waals surface area contributed by atoms with Crippen LogP contribution in [0.25, 0.3) is 0 Å². The average Bonchev–Trinajstić information content (AvgIpc) is 2.78. The minimum atomic E-state index is -0.403. The zero-order valence-corrected chi connectivity index (χ0v) is 17.4. The van der Waals surface area contributed by atoms with Crippen LogP contribution in [-0.4, -0.2) is 31.6 Å². The molecule has 1 aliphatic rings. The molecule has 154 valence electrons. The lowest BCUT2D eigenvalue weighted by Gasteiger charge is -2.38. The molecule has 3 aromatic carbocycles. The van der Waals surface area contributed by atoms with Crippen molar-refractivity contribution < 1.29 is 18.7 Å². The van der Waals surface area contributed by atoms with Crippen LogP contribution in [0, 0.1) is 5.82 Å². The van der Waals surface area contributed by atoms with Crippen molar-refractivity contribution in [2.24, 2.45) is 0 Å². The molecule has 0 radical (unpaired) electrons. The minimum Gasteiger partial charge on any atom is -0.493 e. The number of halogens is 2. The predicted octanol–water partition coefficient (Wildman–Crippen LogP) is 5.28. The molecule has 1 aliphatic heterocycles. The van der Waals surface area contributed by atoms with Crippen molar-refractivity contribution in [3.63, 3.8) is 0 Å². The normalized spacial score (nSPS) is 15.5. The topological polar surface area (TPSA) is 38.8 Å². The first-order valence-electron chi connectivity index (χ1n) is 9.59. The number of ether oxygens (including phenoxy) is 2. The zero-order chi connectivity index (χ0) is 21.3. The van der Waals surface area contributed by atoms with E-state index in [1.165, 1.54) is 24.3 Å². The van der Waals surface area contributed by atoms with Crippen LogP contribution < -0.4 is 9.47 Å². The lowest BCUT2D eigenvalue weighted by Crippen LogP contribution is -2.40. The molecule has 4 nitrogen and oxygen atoms in total. The van der Waals surface area contributed by atoms with E-state index < -0.39 is 6.04 Å². The largest absolute Gasteiger partial charge is 0.493 e. The summed E-state index contributed by atoms with van der Waals surface area (Å²) in [6.07, 6.45) is 0.656. The Morgan fingerprint density at radius 3 is 2.33 bits per heavy atom. The van der Waals surface area contributed by atoms with E-state index in [0.717, 1.165) is 16.7 Å². The van der Waals surface area contributed by atoms with Gasteiger partial charge < -0.3 is 14.4 Å². The van der Waals surface area contributed by atoms with Gasteiger partial charge in [0.25, 0.3) is 5.91 Å². The number of hydrogen-bond acceptors (Lipinski definition) is 3. The van der Waals surface area contributed by atoms with E-state index in [0.29, 0.717) is 35.1 Å². The first-order chi connectivity index (χ1) is 14.5. The van der Waals surface area contributed by atoms with E-state index in [1.54, 1.807) is 19.1 Å². The second-order valence-corrected chi connectivity index (χ2v) is 7.49. The van der Waals surface area contributed by atoms with E-state index in [-0.39, 0.29) is 11.7 Å². The number of fused-ring (bicyclic) bond motifs is 1. The van der Waals surface area contributed by atoms with E-state index in [4.69, 9.17) is 21.1 Å². The van der Waals surface area contributed by atoms with Gasteiger partial charge in [-0.05, 0) is 65.6 Å². The molecule has 0 spiro atoms. The molecule has 6 heteroatoms. The van der Waals surface area contributed by atoms with Crippen LogP contribution in [0.5, 0.6) is 11.5 Å². The molecule has 0 fully saturated rings. The Kier molecular flexibility index (Phi) is 5.64. The summed E-state index contributed by atoms with van der Waals surface area (Å²) in [5.41, 5.74) is 3.25. The number of hydrogen-bond donors (Lipinski definition) is 0. The number of methoxy groups -OCH3 is 2. The standard InChI is InChI=1S/C24H21ClFNO3/c1-29-21-13-16-11-12-27(24(28)15-7-9-17(26)10-8-15)23(19(16)14-22(21)30-2)18-5-3-4-6-20(18)25/h3-10,13-14,23H,11-12H2,1-2H3. The molecule has 3 aromatic rings. The molecule has 0 N–H and O–H groups in total. The Balaban J connectivity index is 1.86. The highest BCUT2D eigenvalue weighted by Gasteiger charge is 2.34. The molecule has 0 saturated heterocycles. The number of carbonyl (C=O) groups excluding carboxylic acids is 1. The fraction of sp³-hybridized carbons (Fsp3) is 0.208. The maximum Gasteiger partial charge on any atom is 0.254 e. The maximum absolute atomic E-state index is 13.4. The monoisotopic (exact) mass is 425 g/mol. The molecule has 0 bridgehead atoms. The highest BCUT2D eigenvalue weighted by atomic mass is 35.5. The van der Waals surface area contributed by atoms with Gasteiger partial charge in [0.15, 0.2) is 11.5 Å². The van der Waals surface area contributed by atoms with Crippen molar-refractivity contribution in [2.75, 3.05) is 20.8 Å². The molecule has 1 unspecified atom stereocenters. The van der Waals surface area contributed by atoms with E-state index >= 15 is 0 Å². The SMILES string of the molecule is COc1cc2c(cc1OC)C(c1ccccc1Cl)N(C(=O)c1ccc(F)cc1)CC2. The summed E-state index contributed by atoms with van der Waals surface area (Å²) < 4.78 is 24.3. The Morgan fingerprint density at radius 2 is 1.67 bits per heavy atom. The van der Waals surface area contributed by atoms with Gasteiger partial charge in [0.05, 0.1) is 20.3 Å². The number of benzene rings is 3. The summed E-state index contributed by atoms with van der Waals surface area (Å²) in [5.74, 6) is 0.673. The van der Waals surface area contributed by atoms with Gasteiger partial charge in [-0.25, -0.2) is 4.39 Å². The Labute approximate surface area is 179 Å². The van der Waals surface area contributed by atoms with Crippen molar-refractivity contribution >= 4 is 17.5 Å². The summed E-state index contributed by atoms with van der Waals surface area (Å²) in [7, 11) is 3.18. The third kappa shape index (κ3) is 3.61. The summed E-state index contributed by atoms with van der Waals surface area (Å²) in [6, 6.07) is 16.6. The molecule has 0 saturated carbocycles. The number of rotatable bonds is 4. The summed E-state index contributed by atoms with van der Waals surface area (Å²) >= 11 is 6.55.